The Balaban J connectivity index is 0.00000173. The number of allylic oxidation sites excluding steroid dienone is 2. The lowest BCUT2D eigenvalue weighted by Gasteiger charge is -2.33. The van der Waals surface area contributed by atoms with Crippen LogP contribution in [0.3, 0.4) is 0 Å². The number of benzene rings is 4. The van der Waals surface area contributed by atoms with Crippen LogP contribution in [-0.4, -0.2) is 13.5 Å². The molecule has 2 aliphatic rings. The Morgan fingerprint density at radius 2 is 1.07 bits per heavy atom. The highest BCUT2D eigenvalue weighted by Gasteiger charge is 2.24. The van der Waals surface area contributed by atoms with E-state index in [1.807, 2.05) is 24.3 Å². The minimum atomic E-state index is 0.523. The molecular formula is C38H36N2O2. The number of hydrogen-bond acceptors (Lipinski definition) is 4. The zero-order valence-electron chi connectivity index (χ0n) is 24.0. The maximum Gasteiger partial charge on any atom is 0.161 e. The van der Waals surface area contributed by atoms with E-state index in [1.54, 1.807) is 0 Å². The number of terminal acetylenes is 1. The van der Waals surface area contributed by atoms with Gasteiger partial charge in [0.15, 0.2) is 13.5 Å². The summed E-state index contributed by atoms with van der Waals surface area (Å²) < 4.78 is 12.6. The van der Waals surface area contributed by atoms with Crippen molar-refractivity contribution in [3.63, 3.8) is 0 Å². The molecule has 4 aromatic carbocycles. The molecule has 0 bridgehead atoms. The summed E-state index contributed by atoms with van der Waals surface area (Å²) in [7, 11) is 0. The molecule has 0 unspecified atom stereocenters. The first-order chi connectivity index (χ1) is 20.6. The number of para-hydroxylation sites is 2. The van der Waals surface area contributed by atoms with Crippen molar-refractivity contribution in [1.82, 2.24) is 0 Å². The minimum Gasteiger partial charge on any atom is -0.472 e. The summed E-state index contributed by atoms with van der Waals surface area (Å²) in [4.78, 5) is 4.51. The second-order valence-electron chi connectivity index (χ2n) is 10.3. The van der Waals surface area contributed by atoms with Crippen molar-refractivity contribution in [1.29, 1.82) is 0 Å². The third-order valence-electron chi connectivity index (χ3n) is 7.61. The number of ether oxygens (including phenoxy) is 2. The maximum absolute atomic E-state index is 6.31. The lowest BCUT2D eigenvalue weighted by Crippen LogP contribution is -2.32. The summed E-state index contributed by atoms with van der Waals surface area (Å²) in [6.07, 6.45) is 13.3. The molecule has 0 aromatic heterocycles. The van der Waals surface area contributed by atoms with Crippen molar-refractivity contribution in [2.24, 2.45) is 0 Å². The largest absolute Gasteiger partial charge is 0.472 e. The first-order valence-corrected chi connectivity index (χ1v) is 14.1. The van der Waals surface area contributed by atoms with E-state index in [0.29, 0.717) is 13.5 Å². The number of nitrogens with zero attached hydrogens (tertiary/aromatic N) is 2. The Hall–Kier alpha value is -5.14. The van der Waals surface area contributed by atoms with E-state index in [4.69, 9.17) is 9.47 Å². The zero-order chi connectivity index (χ0) is 29.5. The molecule has 0 radical (unpaired) electrons. The van der Waals surface area contributed by atoms with Crippen molar-refractivity contribution >= 4 is 16.9 Å². The summed E-state index contributed by atoms with van der Waals surface area (Å²) in [5.41, 5.74) is 10.1. The van der Waals surface area contributed by atoms with E-state index in [9.17, 15) is 0 Å². The second-order valence-corrected chi connectivity index (χ2v) is 10.3. The third-order valence-corrected chi connectivity index (χ3v) is 7.61. The first-order valence-electron chi connectivity index (χ1n) is 14.1. The summed E-state index contributed by atoms with van der Waals surface area (Å²) >= 11 is 0. The summed E-state index contributed by atoms with van der Waals surface area (Å²) in [6.45, 7) is 15.2. The molecule has 0 spiro atoms. The van der Waals surface area contributed by atoms with E-state index in [1.165, 1.54) is 0 Å². The Kier molecular flexibility index (Phi) is 8.80. The van der Waals surface area contributed by atoms with Crippen LogP contribution in [0, 0.1) is 12.8 Å². The number of fused-ring (bicyclic) bond motifs is 2. The molecule has 2 aliphatic heterocycles. The van der Waals surface area contributed by atoms with Crippen LogP contribution in [0.4, 0.5) is 11.4 Å². The normalized spacial score (nSPS) is 13.3. The highest BCUT2D eigenvalue weighted by molar-refractivity contribution is 5.81. The van der Waals surface area contributed by atoms with Gasteiger partial charge in [0.2, 0.25) is 0 Å². The van der Waals surface area contributed by atoms with Crippen LogP contribution < -0.4 is 19.3 Å². The Labute approximate surface area is 249 Å². The van der Waals surface area contributed by atoms with Gasteiger partial charge in [0.05, 0.1) is 0 Å². The van der Waals surface area contributed by atoms with Crippen LogP contribution in [0.2, 0.25) is 0 Å². The molecule has 0 aliphatic carbocycles. The Bertz CT molecular complexity index is 1490. The molecule has 210 valence electrons. The number of rotatable bonds is 8. The molecule has 2 heterocycles. The van der Waals surface area contributed by atoms with Gasteiger partial charge < -0.3 is 19.3 Å². The van der Waals surface area contributed by atoms with Crippen molar-refractivity contribution in [2.75, 3.05) is 23.3 Å². The van der Waals surface area contributed by atoms with Gasteiger partial charge in [0.1, 0.15) is 11.5 Å². The van der Waals surface area contributed by atoms with E-state index in [2.05, 4.69) is 115 Å². The van der Waals surface area contributed by atoms with Gasteiger partial charge in [0, 0.05) is 35.6 Å². The van der Waals surface area contributed by atoms with Crippen LogP contribution in [-0.2, 0) is 25.9 Å². The highest BCUT2D eigenvalue weighted by Crippen LogP contribution is 2.39. The van der Waals surface area contributed by atoms with Gasteiger partial charge in [-0.3, -0.25) is 0 Å². The van der Waals surface area contributed by atoms with Crippen LogP contribution in [0.1, 0.15) is 33.4 Å². The van der Waals surface area contributed by atoms with E-state index in [0.717, 1.165) is 87.8 Å². The van der Waals surface area contributed by atoms with Gasteiger partial charge in [-0.15, -0.1) is 26.0 Å². The predicted molar refractivity (Wildman–Crippen MR) is 175 cm³/mol. The summed E-state index contributed by atoms with van der Waals surface area (Å²) in [5.74, 6) is 1.93. The molecule has 6 rings (SSSR count). The maximum atomic E-state index is 6.31. The fourth-order valence-corrected chi connectivity index (χ4v) is 5.64. The van der Waals surface area contributed by atoms with Crippen LogP contribution in [0.25, 0.3) is 5.57 Å². The van der Waals surface area contributed by atoms with Gasteiger partial charge >= 0.3 is 0 Å². The number of anilines is 2. The molecule has 0 fully saturated rings. The molecule has 0 saturated heterocycles. The van der Waals surface area contributed by atoms with Gasteiger partial charge in [-0.2, -0.15) is 0 Å². The molecular weight excluding hydrogens is 516 g/mol. The highest BCUT2D eigenvalue weighted by atomic mass is 16.5. The van der Waals surface area contributed by atoms with Crippen LogP contribution >= 0.6 is 0 Å². The van der Waals surface area contributed by atoms with Crippen molar-refractivity contribution in [3.8, 4) is 24.3 Å². The van der Waals surface area contributed by atoms with Gasteiger partial charge in [-0.05, 0) is 89.2 Å². The van der Waals surface area contributed by atoms with Crippen molar-refractivity contribution in [2.45, 2.75) is 25.9 Å². The molecule has 4 aromatic rings. The molecule has 0 saturated carbocycles. The lowest BCUT2D eigenvalue weighted by atomic mass is 9.90. The molecule has 0 amide bonds. The predicted octanol–water partition coefficient (Wildman–Crippen LogP) is 8.17. The fourth-order valence-electron chi connectivity index (χ4n) is 5.64. The third kappa shape index (κ3) is 5.82. The number of hydrogen-bond donors (Lipinski definition) is 0. The molecule has 0 N–H and O–H groups in total. The molecule has 42 heavy (non-hydrogen) atoms. The van der Waals surface area contributed by atoms with Crippen molar-refractivity contribution < 1.29 is 9.47 Å². The monoisotopic (exact) mass is 552 g/mol. The quantitative estimate of drug-likeness (QED) is 0.163. The molecule has 0 atom stereocenters. The average Bonchev–Trinajstić information content (AvgIpc) is 3.05. The minimum absolute atomic E-state index is 0.523. The SMILES string of the molecule is C#C.C=CCc1cc(C(=C)c2cc(CC=C)c3c(c2)CN(c2ccccc2)CO3)cc2c1OCN(c1ccccc1)C2. The van der Waals surface area contributed by atoms with Gasteiger partial charge in [0.25, 0.3) is 0 Å². The Morgan fingerprint density at radius 3 is 1.45 bits per heavy atom. The van der Waals surface area contributed by atoms with E-state index in [-0.39, 0.29) is 0 Å². The second kappa shape index (κ2) is 13.0. The zero-order valence-corrected chi connectivity index (χ0v) is 24.0. The topological polar surface area (TPSA) is 24.9 Å². The van der Waals surface area contributed by atoms with Gasteiger partial charge in [-0.1, -0.05) is 55.1 Å². The Morgan fingerprint density at radius 1 is 0.667 bits per heavy atom. The molecule has 4 nitrogen and oxygen atoms in total. The fraction of sp³-hybridized carbons (Fsp3) is 0.158. The van der Waals surface area contributed by atoms with E-state index >= 15 is 0 Å². The van der Waals surface area contributed by atoms with E-state index < -0.39 is 0 Å². The first kappa shape index (κ1) is 28.4. The standard InChI is InChI=1S/C36H34N2O2.C2H2/c1-4-12-27-18-29(20-31-22-37(24-39-35(27)31)33-14-8-6-9-15-33)26(3)30-19-28(13-5-2)36-32(21-30)23-38(25-40-36)34-16-10-7-11-17-34;1-2/h4-11,14-21H,1-3,12-13,22-25H2;1-2H. The van der Waals surface area contributed by atoms with Crippen LogP contribution in [0.15, 0.2) is 117 Å². The van der Waals surface area contributed by atoms with Gasteiger partial charge in [-0.25, -0.2) is 0 Å². The van der Waals surface area contributed by atoms with Crippen LogP contribution in [0.5, 0.6) is 11.5 Å². The lowest BCUT2D eigenvalue weighted by molar-refractivity contribution is 0.286. The summed E-state index contributed by atoms with van der Waals surface area (Å²) in [6, 6.07) is 29.7. The molecule has 4 heteroatoms. The summed E-state index contributed by atoms with van der Waals surface area (Å²) in [5, 5.41) is 0. The van der Waals surface area contributed by atoms with Crippen molar-refractivity contribution in [3.05, 3.63) is 150 Å². The average molecular weight is 553 g/mol. The smallest absolute Gasteiger partial charge is 0.161 e.